The van der Waals surface area contributed by atoms with Crippen LogP contribution in [-0.4, -0.2) is 46.7 Å². The molecule has 0 spiro atoms. The average molecular weight is 318 g/mol. The summed E-state index contributed by atoms with van der Waals surface area (Å²) in [6, 6.07) is 8.21. The molecule has 7 heteroatoms. The van der Waals surface area contributed by atoms with Gasteiger partial charge in [-0.15, -0.1) is 5.10 Å². The van der Waals surface area contributed by atoms with Gasteiger partial charge in [0.1, 0.15) is 4.88 Å². The molecule has 1 N–H and O–H groups in total. The van der Waals surface area contributed by atoms with E-state index >= 15 is 0 Å². The number of morpholine rings is 1. The Kier molecular flexibility index (Phi) is 5.10. The largest absolute Gasteiger partial charge is 0.379 e. The fourth-order valence-corrected chi connectivity index (χ4v) is 2.85. The molecule has 22 heavy (non-hydrogen) atoms. The van der Waals surface area contributed by atoms with Crippen LogP contribution in [0.3, 0.4) is 0 Å². The van der Waals surface area contributed by atoms with Gasteiger partial charge in [0.05, 0.1) is 19.4 Å². The SMILES string of the molecule is O=C(NCc1ccccc1CN1CCOCC1)c1cnns1. The van der Waals surface area contributed by atoms with Gasteiger partial charge >= 0.3 is 0 Å². The Bertz CT molecular complexity index is 612. The van der Waals surface area contributed by atoms with E-state index in [9.17, 15) is 4.79 Å². The monoisotopic (exact) mass is 318 g/mol. The number of ether oxygens (including phenoxy) is 1. The lowest BCUT2D eigenvalue weighted by Gasteiger charge is -2.27. The number of nitrogens with zero attached hydrogens (tertiary/aromatic N) is 3. The Morgan fingerprint density at radius 3 is 2.77 bits per heavy atom. The summed E-state index contributed by atoms with van der Waals surface area (Å²) in [5.41, 5.74) is 2.38. The van der Waals surface area contributed by atoms with E-state index in [0.29, 0.717) is 11.4 Å². The zero-order valence-corrected chi connectivity index (χ0v) is 13.0. The molecule has 1 aliphatic rings. The van der Waals surface area contributed by atoms with Crippen molar-refractivity contribution in [2.24, 2.45) is 0 Å². The van der Waals surface area contributed by atoms with Crippen molar-refractivity contribution in [3.8, 4) is 0 Å². The zero-order chi connectivity index (χ0) is 15.2. The molecule has 2 heterocycles. The number of nitrogens with one attached hydrogen (secondary N) is 1. The first-order valence-corrected chi connectivity index (χ1v) is 8.03. The number of hydrogen-bond donors (Lipinski definition) is 1. The van der Waals surface area contributed by atoms with Crippen molar-refractivity contribution < 1.29 is 9.53 Å². The van der Waals surface area contributed by atoms with E-state index in [4.69, 9.17) is 4.74 Å². The number of hydrogen-bond acceptors (Lipinski definition) is 6. The van der Waals surface area contributed by atoms with Crippen LogP contribution in [0.4, 0.5) is 0 Å². The maximum absolute atomic E-state index is 12.0. The Morgan fingerprint density at radius 2 is 2.05 bits per heavy atom. The van der Waals surface area contributed by atoms with Gasteiger partial charge in [0.15, 0.2) is 0 Å². The maximum atomic E-state index is 12.0. The molecule has 0 atom stereocenters. The van der Waals surface area contributed by atoms with E-state index < -0.39 is 0 Å². The number of aromatic nitrogens is 2. The molecule has 0 aliphatic carbocycles. The third-order valence-corrected chi connectivity index (χ3v) is 4.30. The number of amides is 1. The molecule has 0 unspecified atom stereocenters. The first-order valence-electron chi connectivity index (χ1n) is 7.25. The van der Waals surface area contributed by atoms with Crippen LogP contribution in [0.25, 0.3) is 0 Å². The fraction of sp³-hybridized carbons (Fsp3) is 0.400. The first-order chi connectivity index (χ1) is 10.8. The molecule has 1 aliphatic heterocycles. The van der Waals surface area contributed by atoms with E-state index in [1.54, 1.807) is 0 Å². The number of carbonyl (C=O) groups excluding carboxylic acids is 1. The van der Waals surface area contributed by atoms with E-state index in [2.05, 4.69) is 31.9 Å². The Hall–Kier alpha value is -1.83. The van der Waals surface area contributed by atoms with Crippen LogP contribution >= 0.6 is 11.5 Å². The van der Waals surface area contributed by atoms with Gasteiger partial charge in [-0.1, -0.05) is 28.8 Å². The topological polar surface area (TPSA) is 67.4 Å². The smallest absolute Gasteiger partial charge is 0.264 e. The summed E-state index contributed by atoms with van der Waals surface area (Å²) in [6.07, 6.45) is 1.49. The molecule has 1 aromatic carbocycles. The summed E-state index contributed by atoms with van der Waals surface area (Å²) in [6.45, 7) is 4.88. The molecule has 1 aromatic heterocycles. The van der Waals surface area contributed by atoms with Gasteiger partial charge in [0.2, 0.25) is 0 Å². The lowest BCUT2D eigenvalue weighted by Crippen LogP contribution is -2.36. The van der Waals surface area contributed by atoms with Crippen molar-refractivity contribution >= 4 is 17.4 Å². The van der Waals surface area contributed by atoms with Crippen molar-refractivity contribution in [1.82, 2.24) is 19.8 Å². The summed E-state index contributed by atoms with van der Waals surface area (Å²) in [5.74, 6) is -0.129. The standard InChI is InChI=1S/C15H18N4O2S/c20-15(14-10-17-18-22-14)16-9-12-3-1-2-4-13(12)11-19-5-7-21-8-6-19/h1-4,10H,5-9,11H2,(H,16,20). The molecule has 1 saturated heterocycles. The van der Waals surface area contributed by atoms with E-state index in [1.807, 2.05) is 12.1 Å². The average Bonchev–Trinajstić information content (AvgIpc) is 3.09. The van der Waals surface area contributed by atoms with Crippen LogP contribution in [-0.2, 0) is 17.8 Å². The molecule has 0 radical (unpaired) electrons. The van der Waals surface area contributed by atoms with Gasteiger partial charge in [0.25, 0.3) is 5.91 Å². The summed E-state index contributed by atoms with van der Waals surface area (Å²) in [7, 11) is 0. The van der Waals surface area contributed by atoms with Crippen molar-refractivity contribution in [3.63, 3.8) is 0 Å². The lowest BCUT2D eigenvalue weighted by atomic mass is 10.1. The minimum absolute atomic E-state index is 0.129. The summed E-state index contributed by atoms with van der Waals surface area (Å²) < 4.78 is 9.08. The lowest BCUT2D eigenvalue weighted by molar-refractivity contribution is 0.0340. The molecule has 6 nitrogen and oxygen atoms in total. The predicted octanol–water partition coefficient (Wildman–Crippen LogP) is 1.30. The van der Waals surface area contributed by atoms with Gasteiger partial charge in [0, 0.05) is 26.2 Å². The molecule has 1 amide bonds. The number of benzene rings is 1. The van der Waals surface area contributed by atoms with E-state index in [1.165, 1.54) is 11.8 Å². The second-order valence-corrected chi connectivity index (χ2v) is 5.91. The zero-order valence-electron chi connectivity index (χ0n) is 12.2. The molecule has 1 fully saturated rings. The molecular weight excluding hydrogens is 300 g/mol. The van der Waals surface area contributed by atoms with Crippen molar-refractivity contribution in [3.05, 3.63) is 46.5 Å². The fourth-order valence-electron chi connectivity index (χ4n) is 2.41. The summed E-state index contributed by atoms with van der Waals surface area (Å²) in [4.78, 5) is 14.9. The summed E-state index contributed by atoms with van der Waals surface area (Å²) >= 11 is 1.10. The van der Waals surface area contributed by atoms with Gasteiger partial charge in [-0.2, -0.15) is 0 Å². The highest BCUT2D eigenvalue weighted by atomic mass is 32.1. The van der Waals surface area contributed by atoms with E-state index in [0.717, 1.165) is 49.9 Å². The van der Waals surface area contributed by atoms with Gasteiger partial charge in [-0.3, -0.25) is 9.69 Å². The quantitative estimate of drug-likeness (QED) is 0.900. The first kappa shape index (κ1) is 15.1. The highest BCUT2D eigenvalue weighted by Gasteiger charge is 2.13. The van der Waals surface area contributed by atoms with Crippen LogP contribution in [0, 0.1) is 0 Å². The van der Waals surface area contributed by atoms with E-state index in [-0.39, 0.29) is 5.91 Å². The maximum Gasteiger partial charge on any atom is 0.264 e. The number of rotatable bonds is 5. The Balaban J connectivity index is 1.62. The second kappa shape index (κ2) is 7.44. The Morgan fingerprint density at radius 1 is 1.27 bits per heavy atom. The highest BCUT2D eigenvalue weighted by Crippen LogP contribution is 2.13. The molecule has 116 valence electrons. The van der Waals surface area contributed by atoms with Gasteiger partial charge < -0.3 is 10.1 Å². The van der Waals surface area contributed by atoms with Crippen LogP contribution in [0.1, 0.15) is 20.8 Å². The molecular formula is C15H18N4O2S. The minimum Gasteiger partial charge on any atom is -0.379 e. The normalized spacial score (nSPS) is 15.6. The third-order valence-electron chi connectivity index (χ3n) is 3.64. The van der Waals surface area contributed by atoms with Crippen molar-refractivity contribution in [2.45, 2.75) is 13.1 Å². The molecule has 0 bridgehead atoms. The molecule has 2 aromatic rings. The second-order valence-electron chi connectivity index (χ2n) is 5.12. The van der Waals surface area contributed by atoms with Gasteiger partial charge in [-0.25, -0.2) is 0 Å². The number of carbonyl (C=O) groups is 1. The minimum atomic E-state index is -0.129. The van der Waals surface area contributed by atoms with Crippen LogP contribution in [0.15, 0.2) is 30.5 Å². The summed E-state index contributed by atoms with van der Waals surface area (Å²) in [5, 5.41) is 6.61. The Labute approximate surface area is 133 Å². The molecule has 0 saturated carbocycles. The van der Waals surface area contributed by atoms with Crippen LogP contribution in [0.2, 0.25) is 0 Å². The third kappa shape index (κ3) is 3.88. The van der Waals surface area contributed by atoms with Crippen LogP contribution < -0.4 is 5.32 Å². The van der Waals surface area contributed by atoms with Crippen molar-refractivity contribution in [2.75, 3.05) is 26.3 Å². The predicted molar refractivity (Wildman–Crippen MR) is 83.6 cm³/mol. The van der Waals surface area contributed by atoms with Gasteiger partial charge in [-0.05, 0) is 22.7 Å². The van der Waals surface area contributed by atoms with Crippen LogP contribution in [0.5, 0.6) is 0 Å². The highest BCUT2D eigenvalue weighted by molar-refractivity contribution is 7.07. The van der Waals surface area contributed by atoms with Crippen molar-refractivity contribution in [1.29, 1.82) is 0 Å². The molecule has 3 rings (SSSR count).